The van der Waals surface area contributed by atoms with Gasteiger partial charge in [-0.1, -0.05) is 151 Å². The molecule has 2 aromatic rings. The molecule has 8 rings (SSSR count). The second-order valence-corrected chi connectivity index (χ2v) is 18.0. The van der Waals surface area contributed by atoms with E-state index in [0.717, 1.165) is 37.5 Å². The molecule has 44 heavy (non-hydrogen) atoms. The van der Waals surface area contributed by atoms with Gasteiger partial charge in [0.1, 0.15) is 0 Å². The van der Waals surface area contributed by atoms with Crippen molar-refractivity contribution in [2.24, 2.45) is 22.7 Å². The van der Waals surface area contributed by atoms with Crippen molar-refractivity contribution in [1.29, 1.82) is 0 Å². The first-order chi connectivity index (χ1) is 19.4. The normalized spacial score (nSPS) is 19.0. The molecule has 0 spiro atoms. The molecule has 6 aliphatic rings. The maximum absolute atomic E-state index is 2.49. The van der Waals surface area contributed by atoms with Crippen LogP contribution in [-0.4, -0.2) is 0 Å². The van der Waals surface area contributed by atoms with Gasteiger partial charge in [0.25, 0.3) is 0 Å². The van der Waals surface area contributed by atoms with Gasteiger partial charge >= 0.3 is 17.1 Å². The Morgan fingerprint density at radius 3 is 1.25 bits per heavy atom. The SMILES string of the molecule is CC(C)(C)C1CCCC1.CC(C)(C)C1[CH-]CCC1.CC(C)(C)c1cc2ccc1CCc1ccc(c(C(C)(C)C)c1)CC2.[CH3-].[Fe+2]. The Balaban J connectivity index is 0.000000399. The number of aryl methyl sites for hydroxylation is 4. The van der Waals surface area contributed by atoms with Crippen LogP contribution in [0.15, 0.2) is 36.4 Å². The van der Waals surface area contributed by atoms with Crippen LogP contribution in [0.25, 0.3) is 0 Å². The molecule has 2 fully saturated rings. The third-order valence-electron chi connectivity index (χ3n) is 10.2. The van der Waals surface area contributed by atoms with Gasteiger partial charge in [-0.05, 0) is 94.1 Å². The zero-order valence-corrected chi connectivity index (χ0v) is 32.4. The predicted molar refractivity (Wildman–Crippen MR) is 194 cm³/mol. The maximum Gasteiger partial charge on any atom is 2.00 e. The summed E-state index contributed by atoms with van der Waals surface area (Å²) in [5.74, 6) is 1.90. The van der Waals surface area contributed by atoms with Gasteiger partial charge in [-0.3, -0.25) is 0 Å². The zero-order chi connectivity index (χ0) is 31.3. The molecule has 2 saturated carbocycles. The van der Waals surface area contributed by atoms with Gasteiger partial charge in [-0.15, -0.1) is 0 Å². The monoisotopic (exact) mass is 642 g/mol. The van der Waals surface area contributed by atoms with E-state index in [1.54, 1.807) is 0 Å². The van der Waals surface area contributed by atoms with E-state index in [2.05, 4.69) is 126 Å². The van der Waals surface area contributed by atoms with Crippen LogP contribution < -0.4 is 0 Å². The molecule has 0 radical (unpaired) electrons. The van der Waals surface area contributed by atoms with Crippen molar-refractivity contribution >= 4 is 0 Å². The van der Waals surface area contributed by atoms with E-state index < -0.39 is 0 Å². The fourth-order valence-electron chi connectivity index (χ4n) is 7.30. The van der Waals surface area contributed by atoms with Gasteiger partial charge in [0, 0.05) is 0 Å². The average Bonchev–Trinajstić information content (AvgIpc) is 3.60. The Bertz CT molecular complexity index is 1020. The first-order valence-electron chi connectivity index (χ1n) is 17.4. The summed E-state index contributed by atoms with van der Waals surface area (Å²) in [4.78, 5) is 0. The quantitative estimate of drug-likeness (QED) is 0.198. The average molecular weight is 643 g/mol. The topological polar surface area (TPSA) is 0 Å². The van der Waals surface area contributed by atoms with E-state index in [0.29, 0.717) is 10.8 Å². The minimum Gasteiger partial charge on any atom is -0.358 e. The van der Waals surface area contributed by atoms with Crippen LogP contribution in [0.2, 0.25) is 0 Å². The number of hydrogen-bond acceptors (Lipinski definition) is 0. The molecule has 2 aromatic carbocycles. The van der Waals surface area contributed by atoms with Crippen LogP contribution in [0, 0.1) is 36.5 Å². The molecular formula is C43H70Fe. The summed E-state index contributed by atoms with van der Waals surface area (Å²) in [7, 11) is 0. The van der Waals surface area contributed by atoms with E-state index in [-0.39, 0.29) is 35.3 Å². The van der Waals surface area contributed by atoms with Crippen LogP contribution >= 0.6 is 0 Å². The van der Waals surface area contributed by atoms with Crippen molar-refractivity contribution in [2.45, 2.75) is 165 Å². The fraction of sp³-hybridized carbons (Fsp3) is 0.674. The Labute approximate surface area is 286 Å². The van der Waals surface area contributed by atoms with Crippen molar-refractivity contribution in [3.05, 3.63) is 83.6 Å². The van der Waals surface area contributed by atoms with Gasteiger partial charge in [-0.25, -0.2) is 0 Å². The number of hydrogen-bond donors (Lipinski definition) is 0. The van der Waals surface area contributed by atoms with Crippen LogP contribution in [-0.2, 0) is 53.6 Å². The molecule has 0 amide bonds. The fourth-order valence-corrected chi connectivity index (χ4v) is 7.30. The third-order valence-corrected chi connectivity index (χ3v) is 10.2. The van der Waals surface area contributed by atoms with E-state index >= 15 is 0 Å². The van der Waals surface area contributed by atoms with Crippen molar-refractivity contribution in [3.63, 3.8) is 0 Å². The van der Waals surface area contributed by atoms with Crippen molar-refractivity contribution in [3.8, 4) is 0 Å². The standard InChI is InChI=1S/C24H32.C9H18.C9H17.CH3.Fe/c1-23(2,3)21-15-17-7-11-19(21)13-9-18-8-12-20(14-10-17)22(16-18)24(4,5)6;2*1-9(2,3)8-6-4-5-7-8;;/h7-8,11-12,15-16H,9-10,13-14H2,1-6H3;8H,4-7H2,1-3H3;6,8H,4-5,7H2,1-3H3;1H3;/q;;2*-1;+2. The van der Waals surface area contributed by atoms with Gasteiger partial charge in [0.05, 0.1) is 0 Å². The molecule has 1 heteroatoms. The predicted octanol–water partition coefficient (Wildman–Crippen LogP) is 12.9. The first-order valence-corrected chi connectivity index (χ1v) is 17.4. The summed E-state index contributed by atoms with van der Waals surface area (Å²) in [6.45, 7) is 28.1. The molecule has 1 atom stereocenters. The van der Waals surface area contributed by atoms with Crippen LogP contribution in [0.4, 0.5) is 0 Å². The molecule has 0 saturated heterocycles. The molecule has 6 aliphatic carbocycles. The summed E-state index contributed by atoms with van der Waals surface area (Å²) < 4.78 is 0. The number of rotatable bonds is 0. The second kappa shape index (κ2) is 16.7. The van der Waals surface area contributed by atoms with E-state index in [4.69, 9.17) is 0 Å². The first kappa shape index (κ1) is 41.0. The third kappa shape index (κ3) is 12.3. The summed E-state index contributed by atoms with van der Waals surface area (Å²) >= 11 is 0. The Hall–Kier alpha value is -1.04. The molecule has 250 valence electrons. The van der Waals surface area contributed by atoms with E-state index in [1.165, 1.54) is 78.3 Å². The summed E-state index contributed by atoms with van der Waals surface area (Å²) in [5, 5.41) is 0. The molecule has 0 aliphatic heterocycles. The molecule has 0 nitrogen and oxygen atoms in total. The van der Waals surface area contributed by atoms with Crippen molar-refractivity contribution in [2.75, 3.05) is 0 Å². The van der Waals surface area contributed by atoms with Crippen LogP contribution in [0.5, 0.6) is 0 Å². The Morgan fingerprint density at radius 1 is 0.545 bits per heavy atom. The van der Waals surface area contributed by atoms with E-state index in [1.807, 2.05) is 0 Å². The molecule has 1 unspecified atom stereocenters. The minimum atomic E-state index is 0. The van der Waals surface area contributed by atoms with Gasteiger partial charge in [-0.2, -0.15) is 12.3 Å². The smallest absolute Gasteiger partial charge is 0.358 e. The molecule has 0 heterocycles. The van der Waals surface area contributed by atoms with Crippen LogP contribution in [0.3, 0.4) is 0 Å². The largest absolute Gasteiger partial charge is 2.00 e. The Morgan fingerprint density at radius 2 is 0.977 bits per heavy atom. The molecule has 4 bridgehead atoms. The molecular weight excluding hydrogens is 572 g/mol. The van der Waals surface area contributed by atoms with Crippen molar-refractivity contribution < 1.29 is 17.1 Å². The van der Waals surface area contributed by atoms with Crippen LogP contribution in [0.1, 0.15) is 161 Å². The summed E-state index contributed by atoms with van der Waals surface area (Å²) in [6, 6.07) is 14.4. The maximum atomic E-state index is 2.49. The van der Waals surface area contributed by atoms with Gasteiger partial charge < -0.3 is 13.8 Å². The van der Waals surface area contributed by atoms with E-state index in [9.17, 15) is 0 Å². The zero-order valence-electron chi connectivity index (χ0n) is 31.3. The summed E-state index contributed by atoms with van der Waals surface area (Å²) in [6.07, 6.45) is 17.1. The van der Waals surface area contributed by atoms with Gasteiger partial charge in [0.15, 0.2) is 0 Å². The van der Waals surface area contributed by atoms with Gasteiger partial charge in [0.2, 0.25) is 0 Å². The second-order valence-electron chi connectivity index (χ2n) is 18.0. The van der Waals surface area contributed by atoms with Crippen molar-refractivity contribution in [1.82, 2.24) is 0 Å². The summed E-state index contributed by atoms with van der Waals surface area (Å²) in [5.41, 5.74) is 10.6. The Kier molecular flexibility index (Phi) is 15.5. The molecule has 0 N–H and O–H groups in total. The number of benzene rings is 2. The minimum absolute atomic E-state index is 0. The molecule has 0 aromatic heterocycles.